The predicted molar refractivity (Wildman–Crippen MR) is 116 cm³/mol. The van der Waals surface area contributed by atoms with E-state index in [1.54, 1.807) is 10.7 Å². The van der Waals surface area contributed by atoms with Crippen LogP contribution >= 0.6 is 11.6 Å². The molecule has 0 atom stereocenters. The quantitative estimate of drug-likeness (QED) is 0.657. The molecule has 1 N–H and O–H groups in total. The number of hydrogen-bond donors (Lipinski definition) is 1. The van der Waals surface area contributed by atoms with Gasteiger partial charge in [0.2, 0.25) is 5.91 Å². The number of aryl methyl sites for hydroxylation is 1. The SMILES string of the molecule is Cn1nc(C(=O)NCc2ccc(CN3CCCC3=O)cc2)cc1-c1ccc(Cl)cc1. The van der Waals surface area contributed by atoms with E-state index in [-0.39, 0.29) is 11.8 Å². The molecule has 1 aromatic heterocycles. The first-order valence-electron chi connectivity index (χ1n) is 9.93. The summed E-state index contributed by atoms with van der Waals surface area (Å²) >= 11 is 5.95. The van der Waals surface area contributed by atoms with Gasteiger partial charge in [0.05, 0.1) is 5.69 Å². The van der Waals surface area contributed by atoms with Crippen molar-refractivity contribution in [2.24, 2.45) is 7.05 Å². The van der Waals surface area contributed by atoms with Gasteiger partial charge in [0.25, 0.3) is 5.91 Å². The highest BCUT2D eigenvalue weighted by Gasteiger charge is 2.20. The number of hydrogen-bond acceptors (Lipinski definition) is 3. The zero-order valence-electron chi connectivity index (χ0n) is 16.8. The van der Waals surface area contributed by atoms with Crippen LogP contribution in [0.4, 0.5) is 0 Å². The Labute approximate surface area is 180 Å². The Bertz CT molecular complexity index is 1060. The van der Waals surface area contributed by atoms with Crippen molar-refractivity contribution in [1.29, 1.82) is 0 Å². The number of nitrogens with zero attached hydrogens (tertiary/aromatic N) is 3. The molecule has 6 nitrogen and oxygen atoms in total. The number of carbonyl (C=O) groups is 2. The molecule has 1 saturated heterocycles. The molecule has 2 amide bonds. The second-order valence-corrected chi connectivity index (χ2v) is 7.90. The zero-order chi connectivity index (χ0) is 21.1. The molecule has 4 rings (SSSR count). The third-order valence-electron chi connectivity index (χ3n) is 5.27. The molecule has 0 spiro atoms. The maximum absolute atomic E-state index is 12.5. The molecule has 2 aromatic carbocycles. The first kappa shape index (κ1) is 20.2. The number of amides is 2. The fraction of sp³-hybridized carbons (Fsp3) is 0.261. The van der Waals surface area contributed by atoms with Crippen LogP contribution in [0.2, 0.25) is 5.02 Å². The average molecular weight is 423 g/mol. The van der Waals surface area contributed by atoms with Gasteiger partial charge in [0, 0.05) is 38.1 Å². The molecule has 3 aromatic rings. The molecule has 1 fully saturated rings. The van der Waals surface area contributed by atoms with Crippen molar-refractivity contribution in [3.05, 3.63) is 76.4 Å². The fourth-order valence-electron chi connectivity index (χ4n) is 3.60. The van der Waals surface area contributed by atoms with E-state index in [1.807, 2.05) is 60.5 Å². The monoisotopic (exact) mass is 422 g/mol. The largest absolute Gasteiger partial charge is 0.347 e. The number of benzene rings is 2. The minimum Gasteiger partial charge on any atom is -0.347 e. The van der Waals surface area contributed by atoms with Gasteiger partial charge in [-0.3, -0.25) is 14.3 Å². The van der Waals surface area contributed by atoms with Crippen LogP contribution in [0.15, 0.2) is 54.6 Å². The van der Waals surface area contributed by atoms with Gasteiger partial charge < -0.3 is 10.2 Å². The first-order valence-corrected chi connectivity index (χ1v) is 10.3. The molecule has 1 aliphatic heterocycles. The van der Waals surface area contributed by atoms with Crippen LogP contribution in [0.25, 0.3) is 11.3 Å². The van der Waals surface area contributed by atoms with Gasteiger partial charge in [0.15, 0.2) is 5.69 Å². The number of aromatic nitrogens is 2. The molecule has 0 bridgehead atoms. The fourth-order valence-corrected chi connectivity index (χ4v) is 3.72. The molecule has 0 unspecified atom stereocenters. The van der Waals surface area contributed by atoms with Crippen molar-refractivity contribution < 1.29 is 9.59 Å². The van der Waals surface area contributed by atoms with E-state index in [2.05, 4.69) is 10.4 Å². The number of rotatable bonds is 6. The smallest absolute Gasteiger partial charge is 0.272 e. The molecule has 30 heavy (non-hydrogen) atoms. The van der Waals surface area contributed by atoms with Crippen molar-refractivity contribution >= 4 is 23.4 Å². The summed E-state index contributed by atoms with van der Waals surface area (Å²) < 4.78 is 1.69. The molecule has 0 radical (unpaired) electrons. The van der Waals surface area contributed by atoms with Crippen LogP contribution in [0.1, 0.15) is 34.5 Å². The Morgan fingerprint density at radius 3 is 2.47 bits per heavy atom. The summed E-state index contributed by atoms with van der Waals surface area (Å²) in [6, 6.07) is 17.2. The Morgan fingerprint density at radius 2 is 1.80 bits per heavy atom. The highest BCUT2D eigenvalue weighted by Crippen LogP contribution is 2.22. The second-order valence-electron chi connectivity index (χ2n) is 7.46. The lowest BCUT2D eigenvalue weighted by atomic mass is 10.1. The maximum Gasteiger partial charge on any atom is 0.272 e. The molecule has 1 aliphatic rings. The summed E-state index contributed by atoms with van der Waals surface area (Å²) in [5, 5.41) is 7.91. The Morgan fingerprint density at radius 1 is 1.10 bits per heavy atom. The second kappa shape index (κ2) is 8.71. The Kier molecular flexibility index (Phi) is 5.86. The van der Waals surface area contributed by atoms with Gasteiger partial charge in [-0.2, -0.15) is 5.10 Å². The minimum absolute atomic E-state index is 0.222. The molecule has 2 heterocycles. The zero-order valence-corrected chi connectivity index (χ0v) is 17.5. The maximum atomic E-state index is 12.5. The van der Waals surface area contributed by atoms with Crippen molar-refractivity contribution in [2.45, 2.75) is 25.9 Å². The van der Waals surface area contributed by atoms with Crippen LogP contribution in [-0.4, -0.2) is 33.0 Å². The topological polar surface area (TPSA) is 67.2 Å². The summed E-state index contributed by atoms with van der Waals surface area (Å²) in [5.74, 6) is -0.00257. The number of halogens is 1. The molecule has 0 aliphatic carbocycles. The highest BCUT2D eigenvalue weighted by molar-refractivity contribution is 6.30. The Balaban J connectivity index is 1.36. The number of nitrogens with one attached hydrogen (secondary N) is 1. The van der Waals surface area contributed by atoms with Crippen LogP contribution in [0.3, 0.4) is 0 Å². The molecular weight excluding hydrogens is 400 g/mol. The summed E-state index contributed by atoms with van der Waals surface area (Å²) in [4.78, 5) is 26.2. The lowest BCUT2D eigenvalue weighted by Crippen LogP contribution is -2.24. The first-order chi connectivity index (χ1) is 14.5. The summed E-state index contributed by atoms with van der Waals surface area (Å²) in [6.45, 7) is 1.89. The highest BCUT2D eigenvalue weighted by atomic mass is 35.5. The van der Waals surface area contributed by atoms with Gasteiger partial charge in [-0.15, -0.1) is 0 Å². The van der Waals surface area contributed by atoms with Crippen LogP contribution in [0, 0.1) is 0 Å². The van der Waals surface area contributed by atoms with E-state index in [4.69, 9.17) is 11.6 Å². The van der Waals surface area contributed by atoms with Crippen molar-refractivity contribution in [3.63, 3.8) is 0 Å². The Hall–Kier alpha value is -3.12. The lowest BCUT2D eigenvalue weighted by Gasteiger charge is -2.15. The van der Waals surface area contributed by atoms with E-state index in [1.165, 1.54) is 0 Å². The summed E-state index contributed by atoms with van der Waals surface area (Å²) in [7, 11) is 1.81. The summed E-state index contributed by atoms with van der Waals surface area (Å²) in [5.41, 5.74) is 4.25. The van der Waals surface area contributed by atoms with Gasteiger partial charge in [-0.25, -0.2) is 0 Å². The molecular formula is C23H23ClN4O2. The van der Waals surface area contributed by atoms with Crippen molar-refractivity contribution in [2.75, 3.05) is 6.54 Å². The van der Waals surface area contributed by atoms with E-state index >= 15 is 0 Å². The third kappa shape index (κ3) is 4.54. The van der Waals surface area contributed by atoms with Crippen molar-refractivity contribution in [3.8, 4) is 11.3 Å². The van der Waals surface area contributed by atoms with Gasteiger partial charge in [-0.05, 0) is 41.3 Å². The number of likely N-dealkylation sites (tertiary alicyclic amines) is 1. The minimum atomic E-state index is -0.224. The van der Waals surface area contributed by atoms with Crippen LogP contribution < -0.4 is 5.32 Å². The van der Waals surface area contributed by atoms with E-state index < -0.39 is 0 Å². The molecule has 154 valence electrons. The van der Waals surface area contributed by atoms with Gasteiger partial charge in [0.1, 0.15) is 0 Å². The molecule has 7 heteroatoms. The van der Waals surface area contributed by atoms with Crippen LogP contribution in [0.5, 0.6) is 0 Å². The average Bonchev–Trinajstić information content (AvgIpc) is 3.33. The van der Waals surface area contributed by atoms with Gasteiger partial charge >= 0.3 is 0 Å². The van der Waals surface area contributed by atoms with Crippen molar-refractivity contribution in [1.82, 2.24) is 20.0 Å². The number of carbonyl (C=O) groups excluding carboxylic acids is 2. The third-order valence-corrected chi connectivity index (χ3v) is 5.53. The molecule has 0 saturated carbocycles. The van der Waals surface area contributed by atoms with Gasteiger partial charge in [-0.1, -0.05) is 48.0 Å². The normalized spacial score (nSPS) is 13.7. The van der Waals surface area contributed by atoms with E-state index in [0.717, 1.165) is 35.3 Å². The van der Waals surface area contributed by atoms with E-state index in [0.29, 0.717) is 30.2 Å². The lowest BCUT2D eigenvalue weighted by molar-refractivity contribution is -0.128. The standard InChI is InChI=1S/C23H23ClN4O2/c1-27-21(18-8-10-19(24)11-9-18)13-20(26-27)23(30)25-14-16-4-6-17(7-5-16)15-28-12-2-3-22(28)29/h4-11,13H,2-3,12,14-15H2,1H3,(H,25,30). The van der Waals surface area contributed by atoms with E-state index in [9.17, 15) is 9.59 Å². The van der Waals surface area contributed by atoms with Crippen LogP contribution in [-0.2, 0) is 24.9 Å². The summed E-state index contributed by atoms with van der Waals surface area (Å²) in [6.07, 6.45) is 1.59. The predicted octanol–water partition coefficient (Wildman–Crippen LogP) is 3.79.